The zero-order valence-corrected chi connectivity index (χ0v) is 8.81. The first-order chi connectivity index (χ1) is 5.93. The number of Topliss-reactive ketones (excluding diaryl/α,β-unsaturated/α-hetero) is 1. The summed E-state index contributed by atoms with van der Waals surface area (Å²) in [7, 11) is 0. The van der Waals surface area contributed by atoms with Gasteiger partial charge in [0.15, 0.2) is 5.78 Å². The minimum atomic E-state index is 0.207. The molecule has 0 bridgehead atoms. The van der Waals surface area contributed by atoms with Gasteiger partial charge in [-0.3, -0.25) is 4.79 Å². The summed E-state index contributed by atoms with van der Waals surface area (Å²) in [5.41, 5.74) is 1.73. The molecular weight excluding hydrogens is 160 g/mol. The summed E-state index contributed by atoms with van der Waals surface area (Å²) in [6.07, 6.45) is 6.29. The quantitative estimate of drug-likeness (QED) is 0.557. The highest BCUT2D eigenvalue weighted by atomic mass is 16.1. The molecule has 1 atom stereocenters. The van der Waals surface area contributed by atoms with Gasteiger partial charge >= 0.3 is 0 Å². The Morgan fingerprint density at radius 3 is 2.69 bits per heavy atom. The summed E-state index contributed by atoms with van der Waals surface area (Å²) in [6, 6.07) is 0. The first-order valence-electron chi connectivity index (χ1n) is 5.17. The maximum Gasteiger partial charge on any atom is 0.159 e. The monoisotopic (exact) mass is 178 g/mol. The molecule has 0 heterocycles. The molecule has 0 radical (unpaired) electrons. The molecule has 2 aliphatic rings. The SMILES string of the molecule is CC1(C)CC=C2C(=O)CC[C@@]2(C)C1. The third-order valence-corrected chi connectivity index (χ3v) is 3.58. The molecule has 0 aliphatic heterocycles. The van der Waals surface area contributed by atoms with Gasteiger partial charge in [0, 0.05) is 6.42 Å². The molecule has 0 amide bonds. The van der Waals surface area contributed by atoms with Crippen molar-refractivity contribution in [2.45, 2.75) is 46.5 Å². The zero-order valence-electron chi connectivity index (χ0n) is 8.81. The predicted octanol–water partition coefficient (Wildman–Crippen LogP) is 3.10. The van der Waals surface area contributed by atoms with Gasteiger partial charge in [-0.05, 0) is 35.7 Å². The van der Waals surface area contributed by atoms with E-state index in [1.54, 1.807) is 0 Å². The standard InChI is InChI=1S/C12H18O/c1-11(2)6-4-9-10(13)5-7-12(9,3)8-11/h4H,5-8H2,1-3H3/t12-/m0/s1. The molecule has 1 saturated carbocycles. The Balaban J connectivity index is 2.37. The van der Waals surface area contributed by atoms with Crippen LogP contribution >= 0.6 is 0 Å². The molecule has 2 aliphatic carbocycles. The smallest absolute Gasteiger partial charge is 0.159 e. The third kappa shape index (κ3) is 1.34. The van der Waals surface area contributed by atoms with Crippen LogP contribution < -0.4 is 0 Å². The topological polar surface area (TPSA) is 17.1 Å². The van der Waals surface area contributed by atoms with Crippen LogP contribution in [0.2, 0.25) is 0 Å². The fourth-order valence-corrected chi connectivity index (χ4v) is 3.05. The summed E-state index contributed by atoms with van der Waals surface area (Å²) in [4.78, 5) is 11.6. The molecule has 1 nitrogen and oxygen atoms in total. The number of hydrogen-bond acceptors (Lipinski definition) is 1. The van der Waals surface area contributed by atoms with Crippen LogP contribution in [-0.4, -0.2) is 5.78 Å². The lowest BCUT2D eigenvalue weighted by atomic mass is 9.65. The van der Waals surface area contributed by atoms with Crippen LogP contribution in [0.25, 0.3) is 0 Å². The van der Waals surface area contributed by atoms with Gasteiger partial charge in [0.1, 0.15) is 0 Å². The molecule has 0 aromatic rings. The first kappa shape index (κ1) is 8.98. The van der Waals surface area contributed by atoms with Crippen LogP contribution in [0.3, 0.4) is 0 Å². The number of fused-ring (bicyclic) bond motifs is 1. The van der Waals surface area contributed by atoms with Crippen molar-refractivity contribution in [1.82, 2.24) is 0 Å². The molecule has 0 unspecified atom stereocenters. The van der Waals surface area contributed by atoms with Crippen LogP contribution in [0.4, 0.5) is 0 Å². The summed E-state index contributed by atoms with van der Waals surface area (Å²) in [6.45, 7) is 6.85. The number of ketones is 1. The van der Waals surface area contributed by atoms with Crippen LogP contribution in [0.1, 0.15) is 46.5 Å². The number of carbonyl (C=O) groups is 1. The van der Waals surface area contributed by atoms with E-state index in [9.17, 15) is 4.79 Å². The van der Waals surface area contributed by atoms with Gasteiger partial charge in [-0.15, -0.1) is 0 Å². The average Bonchev–Trinajstić information content (AvgIpc) is 2.24. The summed E-state index contributed by atoms with van der Waals surface area (Å²) in [5.74, 6) is 0.401. The van der Waals surface area contributed by atoms with Crippen molar-refractivity contribution in [1.29, 1.82) is 0 Å². The number of allylic oxidation sites excluding steroid dienone is 2. The second-order valence-electron chi connectivity index (χ2n) is 5.65. The van der Waals surface area contributed by atoms with Gasteiger partial charge in [-0.1, -0.05) is 26.8 Å². The summed E-state index contributed by atoms with van der Waals surface area (Å²) >= 11 is 0. The van der Waals surface area contributed by atoms with Crippen molar-refractivity contribution in [3.63, 3.8) is 0 Å². The Labute approximate surface area is 80.2 Å². The molecular formula is C12H18O. The Morgan fingerprint density at radius 2 is 2.00 bits per heavy atom. The number of hydrogen-bond donors (Lipinski definition) is 0. The second-order valence-corrected chi connectivity index (χ2v) is 5.65. The van der Waals surface area contributed by atoms with E-state index >= 15 is 0 Å². The van der Waals surface area contributed by atoms with Gasteiger partial charge in [0.2, 0.25) is 0 Å². The lowest BCUT2D eigenvalue weighted by Gasteiger charge is -2.39. The Bertz CT molecular complexity index is 285. The minimum absolute atomic E-state index is 0.207. The fourth-order valence-electron chi connectivity index (χ4n) is 3.05. The lowest BCUT2D eigenvalue weighted by Crippen LogP contribution is -2.29. The zero-order chi connectivity index (χ0) is 9.69. The van der Waals surface area contributed by atoms with Crippen LogP contribution in [-0.2, 0) is 4.79 Å². The van der Waals surface area contributed by atoms with E-state index < -0.39 is 0 Å². The van der Waals surface area contributed by atoms with Gasteiger partial charge in [-0.2, -0.15) is 0 Å². The van der Waals surface area contributed by atoms with Crippen molar-refractivity contribution in [3.05, 3.63) is 11.6 Å². The summed E-state index contributed by atoms with van der Waals surface area (Å²) < 4.78 is 0. The van der Waals surface area contributed by atoms with Gasteiger partial charge in [0.25, 0.3) is 0 Å². The molecule has 72 valence electrons. The molecule has 1 heteroatoms. The molecule has 0 aromatic heterocycles. The van der Waals surface area contributed by atoms with Crippen molar-refractivity contribution in [3.8, 4) is 0 Å². The average molecular weight is 178 g/mol. The van der Waals surface area contributed by atoms with E-state index in [1.807, 2.05) is 0 Å². The molecule has 2 rings (SSSR count). The van der Waals surface area contributed by atoms with E-state index in [0.717, 1.165) is 24.8 Å². The maximum absolute atomic E-state index is 11.6. The van der Waals surface area contributed by atoms with E-state index in [2.05, 4.69) is 26.8 Å². The van der Waals surface area contributed by atoms with Gasteiger partial charge in [-0.25, -0.2) is 0 Å². The predicted molar refractivity (Wildman–Crippen MR) is 53.4 cm³/mol. The van der Waals surface area contributed by atoms with Crippen molar-refractivity contribution < 1.29 is 4.79 Å². The highest BCUT2D eigenvalue weighted by Gasteiger charge is 2.45. The van der Waals surface area contributed by atoms with Crippen LogP contribution in [0.15, 0.2) is 11.6 Å². The molecule has 1 fully saturated rings. The molecule has 0 aromatic carbocycles. The maximum atomic E-state index is 11.6. The normalized spacial score (nSPS) is 37.2. The Hall–Kier alpha value is -0.590. The van der Waals surface area contributed by atoms with Crippen LogP contribution in [0.5, 0.6) is 0 Å². The van der Waals surface area contributed by atoms with E-state index in [4.69, 9.17) is 0 Å². The van der Waals surface area contributed by atoms with E-state index in [1.165, 1.54) is 6.42 Å². The Morgan fingerprint density at radius 1 is 1.31 bits per heavy atom. The van der Waals surface area contributed by atoms with Crippen LogP contribution in [0, 0.1) is 10.8 Å². The largest absolute Gasteiger partial charge is 0.295 e. The molecule has 13 heavy (non-hydrogen) atoms. The van der Waals surface area contributed by atoms with E-state index in [-0.39, 0.29) is 5.41 Å². The number of carbonyl (C=O) groups excluding carboxylic acids is 1. The minimum Gasteiger partial charge on any atom is -0.295 e. The lowest BCUT2D eigenvalue weighted by molar-refractivity contribution is -0.114. The van der Waals surface area contributed by atoms with Gasteiger partial charge < -0.3 is 0 Å². The highest BCUT2D eigenvalue weighted by Crippen LogP contribution is 2.52. The van der Waals surface area contributed by atoms with E-state index in [0.29, 0.717) is 11.2 Å². The van der Waals surface area contributed by atoms with Crippen molar-refractivity contribution >= 4 is 5.78 Å². The Kier molecular flexibility index (Phi) is 1.70. The molecule has 0 N–H and O–H groups in total. The first-order valence-corrected chi connectivity index (χ1v) is 5.17. The van der Waals surface area contributed by atoms with Crippen molar-refractivity contribution in [2.75, 3.05) is 0 Å². The highest BCUT2D eigenvalue weighted by molar-refractivity contribution is 5.99. The summed E-state index contributed by atoms with van der Waals surface area (Å²) in [5, 5.41) is 0. The fraction of sp³-hybridized carbons (Fsp3) is 0.750. The van der Waals surface area contributed by atoms with Crippen molar-refractivity contribution in [2.24, 2.45) is 10.8 Å². The molecule has 0 spiro atoms. The molecule has 0 saturated heterocycles. The number of rotatable bonds is 0. The third-order valence-electron chi connectivity index (χ3n) is 3.58. The second kappa shape index (κ2) is 2.46. The van der Waals surface area contributed by atoms with Gasteiger partial charge in [0.05, 0.1) is 0 Å².